The zero-order chi connectivity index (χ0) is 23.1. The van der Waals surface area contributed by atoms with Gasteiger partial charge in [-0.3, -0.25) is 4.68 Å². The third-order valence-electron chi connectivity index (χ3n) is 5.38. The third-order valence-corrected chi connectivity index (χ3v) is 5.38. The Labute approximate surface area is 184 Å². The number of nitrogens with zero attached hydrogens (tertiary/aromatic N) is 7. The topological polar surface area (TPSA) is 81.9 Å². The number of fused-ring (bicyclic) bond motifs is 1. The van der Waals surface area contributed by atoms with Crippen molar-refractivity contribution in [3.05, 3.63) is 35.5 Å². The first-order chi connectivity index (χ1) is 15.3. The number of alkyl halides is 3. The lowest BCUT2D eigenvalue weighted by Gasteiger charge is -2.29. The highest BCUT2D eigenvalue weighted by molar-refractivity contribution is 5.75. The molecule has 0 aromatic carbocycles. The van der Waals surface area contributed by atoms with E-state index >= 15 is 0 Å². The SMILES string of the molecule is Cc1nc2nc(N3CCOCC3)nc(C3CCC3)c2nc1C.Cn1cccn1.FC(F)F. The summed E-state index contributed by atoms with van der Waals surface area (Å²) in [6, 6.07) is 1.89. The number of aryl methyl sites for hydroxylation is 3. The van der Waals surface area contributed by atoms with Crippen molar-refractivity contribution in [2.24, 2.45) is 7.05 Å². The molecule has 2 fully saturated rings. The van der Waals surface area contributed by atoms with Gasteiger partial charge in [-0.05, 0) is 32.8 Å². The van der Waals surface area contributed by atoms with Crippen LogP contribution in [-0.4, -0.2) is 62.7 Å². The molecule has 174 valence electrons. The van der Waals surface area contributed by atoms with Gasteiger partial charge in [0.2, 0.25) is 5.95 Å². The highest BCUT2D eigenvalue weighted by Gasteiger charge is 2.27. The van der Waals surface area contributed by atoms with Gasteiger partial charge in [0.1, 0.15) is 5.52 Å². The summed E-state index contributed by atoms with van der Waals surface area (Å²) in [5, 5.41) is 3.83. The first-order valence-corrected chi connectivity index (χ1v) is 10.6. The first kappa shape index (κ1) is 23.8. The van der Waals surface area contributed by atoms with Crippen molar-refractivity contribution in [2.75, 3.05) is 31.2 Å². The maximum Gasteiger partial charge on any atom is 0.379 e. The van der Waals surface area contributed by atoms with E-state index in [9.17, 15) is 13.2 Å². The number of hydrogen-bond donors (Lipinski definition) is 0. The van der Waals surface area contributed by atoms with Crippen molar-refractivity contribution in [3.8, 4) is 0 Å². The molecule has 2 aliphatic rings. The van der Waals surface area contributed by atoms with Crippen LogP contribution in [0.25, 0.3) is 11.2 Å². The van der Waals surface area contributed by atoms with Crippen molar-refractivity contribution in [1.29, 1.82) is 0 Å². The quantitative estimate of drug-likeness (QED) is 0.587. The number of halogens is 3. The highest BCUT2D eigenvalue weighted by atomic mass is 19.4. The Morgan fingerprint density at radius 3 is 2.16 bits per heavy atom. The summed E-state index contributed by atoms with van der Waals surface area (Å²) in [6.45, 7) is 3.48. The number of morpholine rings is 1. The summed E-state index contributed by atoms with van der Waals surface area (Å²) in [5.74, 6) is 1.30. The lowest BCUT2D eigenvalue weighted by molar-refractivity contribution is 0.00819. The average Bonchev–Trinajstić information content (AvgIpc) is 3.19. The van der Waals surface area contributed by atoms with Crippen molar-refractivity contribution in [1.82, 2.24) is 29.7 Å². The fraction of sp³-hybridized carbons (Fsp3) is 0.571. The average molecular weight is 451 g/mol. The molecule has 0 spiro atoms. The lowest BCUT2D eigenvalue weighted by atomic mass is 9.82. The molecule has 3 aromatic heterocycles. The number of rotatable bonds is 2. The molecule has 1 aliphatic heterocycles. The number of aromatic nitrogens is 6. The summed E-state index contributed by atoms with van der Waals surface area (Å²) in [7, 11) is 1.89. The Kier molecular flexibility index (Phi) is 8.32. The number of ether oxygens (including phenoxy) is 1. The molecule has 0 unspecified atom stereocenters. The maximum atomic E-state index is 9.67. The standard InChI is InChI=1S/C16H21N5O.C4H6N2.CHF3/c1-10-11(2)18-15-14(17-10)13(12-4-3-5-12)19-16(20-15)21-6-8-22-9-7-21;1-6-4-2-3-5-6;2-1(3)4/h12H,3-9H2,1-2H3;2-4H,1H3;1H. The molecule has 11 heteroatoms. The van der Waals surface area contributed by atoms with Crippen LogP contribution in [0.5, 0.6) is 0 Å². The summed E-state index contributed by atoms with van der Waals surface area (Å²) in [4.78, 5) is 21.2. The highest BCUT2D eigenvalue weighted by Crippen LogP contribution is 2.38. The molecule has 1 saturated heterocycles. The van der Waals surface area contributed by atoms with E-state index in [-0.39, 0.29) is 0 Å². The molecule has 32 heavy (non-hydrogen) atoms. The Morgan fingerprint density at radius 1 is 1.00 bits per heavy atom. The van der Waals surface area contributed by atoms with E-state index in [0.717, 1.165) is 60.5 Å². The number of anilines is 1. The maximum absolute atomic E-state index is 9.67. The lowest BCUT2D eigenvalue weighted by Crippen LogP contribution is -2.37. The van der Waals surface area contributed by atoms with Crippen LogP contribution in [0.4, 0.5) is 19.1 Å². The van der Waals surface area contributed by atoms with E-state index in [1.165, 1.54) is 19.3 Å². The summed E-state index contributed by atoms with van der Waals surface area (Å²) in [6.07, 6.45) is 7.31. The van der Waals surface area contributed by atoms with Crippen LogP contribution < -0.4 is 4.90 Å². The molecule has 0 bridgehead atoms. The van der Waals surface area contributed by atoms with Gasteiger partial charge in [0.05, 0.1) is 30.3 Å². The molecule has 0 radical (unpaired) electrons. The molecule has 4 heterocycles. The van der Waals surface area contributed by atoms with E-state index in [0.29, 0.717) is 5.92 Å². The Balaban J connectivity index is 0.000000241. The second kappa shape index (κ2) is 11.2. The van der Waals surface area contributed by atoms with E-state index in [1.54, 1.807) is 10.9 Å². The smallest absolute Gasteiger partial charge is 0.378 e. The summed E-state index contributed by atoms with van der Waals surface area (Å²) in [5.41, 5.74) is 4.63. The fourth-order valence-corrected chi connectivity index (χ4v) is 3.34. The fourth-order valence-electron chi connectivity index (χ4n) is 3.34. The van der Waals surface area contributed by atoms with Gasteiger partial charge in [-0.15, -0.1) is 0 Å². The van der Waals surface area contributed by atoms with E-state index in [2.05, 4.69) is 20.0 Å². The minimum atomic E-state index is -3.67. The first-order valence-electron chi connectivity index (χ1n) is 10.6. The molecular weight excluding hydrogens is 423 g/mol. The van der Waals surface area contributed by atoms with Crippen LogP contribution in [0.15, 0.2) is 18.5 Å². The van der Waals surface area contributed by atoms with Crippen LogP contribution in [0.2, 0.25) is 0 Å². The molecule has 5 rings (SSSR count). The van der Waals surface area contributed by atoms with Crippen LogP contribution in [0, 0.1) is 13.8 Å². The van der Waals surface area contributed by atoms with Gasteiger partial charge in [0.25, 0.3) is 0 Å². The molecule has 0 N–H and O–H groups in total. The predicted molar refractivity (Wildman–Crippen MR) is 115 cm³/mol. The normalized spacial score (nSPS) is 16.2. The Hall–Kier alpha value is -2.82. The van der Waals surface area contributed by atoms with Crippen LogP contribution in [0.3, 0.4) is 0 Å². The van der Waals surface area contributed by atoms with Gasteiger partial charge in [0.15, 0.2) is 5.65 Å². The summed E-state index contributed by atoms with van der Waals surface area (Å²) >= 11 is 0. The Morgan fingerprint density at radius 2 is 1.66 bits per heavy atom. The monoisotopic (exact) mass is 451 g/mol. The van der Waals surface area contributed by atoms with E-state index < -0.39 is 6.68 Å². The second-order valence-corrected chi connectivity index (χ2v) is 7.63. The largest absolute Gasteiger partial charge is 0.379 e. The summed E-state index contributed by atoms with van der Waals surface area (Å²) < 4.78 is 36.2. The van der Waals surface area contributed by atoms with Crippen molar-refractivity contribution in [2.45, 2.75) is 45.7 Å². The molecular formula is C21H28F3N7O. The zero-order valence-corrected chi connectivity index (χ0v) is 18.5. The molecule has 8 nitrogen and oxygen atoms in total. The minimum Gasteiger partial charge on any atom is -0.378 e. The van der Waals surface area contributed by atoms with Gasteiger partial charge in [0, 0.05) is 38.4 Å². The molecule has 3 aromatic rings. The third kappa shape index (κ3) is 6.35. The van der Waals surface area contributed by atoms with E-state index in [4.69, 9.17) is 14.7 Å². The second-order valence-electron chi connectivity index (χ2n) is 7.63. The van der Waals surface area contributed by atoms with Crippen LogP contribution in [0.1, 0.15) is 42.3 Å². The van der Waals surface area contributed by atoms with Crippen molar-refractivity contribution in [3.63, 3.8) is 0 Å². The molecule has 0 amide bonds. The predicted octanol–water partition coefficient (Wildman–Crippen LogP) is 3.74. The molecule has 1 aliphatic carbocycles. The Bertz CT molecular complexity index is 988. The molecule has 1 saturated carbocycles. The van der Waals surface area contributed by atoms with Crippen LogP contribution in [-0.2, 0) is 11.8 Å². The van der Waals surface area contributed by atoms with Gasteiger partial charge in [-0.25, -0.2) is 15.0 Å². The minimum absolute atomic E-state index is 0.515. The van der Waals surface area contributed by atoms with Gasteiger partial charge < -0.3 is 9.64 Å². The van der Waals surface area contributed by atoms with Gasteiger partial charge in [-0.1, -0.05) is 6.42 Å². The van der Waals surface area contributed by atoms with Gasteiger partial charge >= 0.3 is 6.68 Å². The van der Waals surface area contributed by atoms with Crippen molar-refractivity contribution >= 4 is 17.1 Å². The van der Waals surface area contributed by atoms with E-state index in [1.807, 2.05) is 33.2 Å². The zero-order valence-electron chi connectivity index (χ0n) is 18.5. The molecule has 0 atom stereocenters. The number of hydrogen-bond acceptors (Lipinski definition) is 7. The van der Waals surface area contributed by atoms with Crippen LogP contribution >= 0.6 is 0 Å². The van der Waals surface area contributed by atoms with Gasteiger partial charge in [-0.2, -0.15) is 23.3 Å². The van der Waals surface area contributed by atoms with Crippen molar-refractivity contribution < 1.29 is 17.9 Å².